The largest absolute Gasteiger partial charge is 0.326 e. The van der Waals surface area contributed by atoms with Crippen LogP contribution in [0.3, 0.4) is 0 Å². The quantitative estimate of drug-likeness (QED) is 0.685. The number of aryl methyl sites for hydroxylation is 2. The fourth-order valence-electron chi connectivity index (χ4n) is 3.78. The lowest BCUT2D eigenvalue weighted by molar-refractivity contribution is -0.120. The van der Waals surface area contributed by atoms with Crippen LogP contribution in [0, 0.1) is 19.8 Å². The number of hydrogen-bond acceptors (Lipinski definition) is 6. The molecule has 152 valence electrons. The Morgan fingerprint density at radius 3 is 2.48 bits per heavy atom. The first-order valence-electron chi connectivity index (χ1n) is 9.45. The van der Waals surface area contributed by atoms with Gasteiger partial charge < -0.3 is 5.32 Å². The van der Waals surface area contributed by atoms with Gasteiger partial charge in [-0.1, -0.05) is 12.1 Å². The van der Waals surface area contributed by atoms with Gasteiger partial charge in [0, 0.05) is 24.7 Å². The molecule has 0 atom stereocenters. The van der Waals surface area contributed by atoms with Gasteiger partial charge in [-0.25, -0.2) is 8.42 Å². The van der Waals surface area contributed by atoms with Crippen molar-refractivity contribution in [1.29, 1.82) is 0 Å². The summed E-state index contributed by atoms with van der Waals surface area (Å²) < 4.78 is 35.9. The zero-order valence-corrected chi connectivity index (χ0v) is 17.9. The van der Waals surface area contributed by atoms with E-state index in [-0.39, 0.29) is 16.7 Å². The van der Waals surface area contributed by atoms with E-state index in [1.54, 1.807) is 18.2 Å². The number of hydrogen-bond donors (Lipinski definition) is 1. The molecule has 9 heteroatoms. The van der Waals surface area contributed by atoms with E-state index in [1.807, 2.05) is 26.0 Å². The van der Waals surface area contributed by atoms with Gasteiger partial charge in [0.05, 0.1) is 11.7 Å². The van der Waals surface area contributed by atoms with E-state index >= 15 is 0 Å². The van der Waals surface area contributed by atoms with E-state index in [1.165, 1.54) is 4.31 Å². The molecule has 0 aliphatic carbocycles. The summed E-state index contributed by atoms with van der Waals surface area (Å²) >= 11 is 1.00. The number of fused-ring (bicyclic) bond motifs is 1. The minimum atomic E-state index is -3.67. The number of carbonyl (C=O) groups excluding carboxylic acids is 1. The molecule has 0 bridgehead atoms. The van der Waals surface area contributed by atoms with Crippen LogP contribution in [-0.4, -0.2) is 40.5 Å². The molecule has 1 N–H and O–H groups in total. The van der Waals surface area contributed by atoms with Crippen LogP contribution in [0.4, 0.5) is 5.69 Å². The summed E-state index contributed by atoms with van der Waals surface area (Å²) in [6.45, 7) is 4.59. The number of nitrogens with zero attached hydrogens (tertiary/aromatic N) is 3. The van der Waals surface area contributed by atoms with Gasteiger partial charge in [-0.3, -0.25) is 4.79 Å². The van der Waals surface area contributed by atoms with Crippen LogP contribution < -0.4 is 5.32 Å². The zero-order chi connectivity index (χ0) is 20.6. The molecule has 4 rings (SSSR count). The van der Waals surface area contributed by atoms with Gasteiger partial charge in [0.1, 0.15) is 15.9 Å². The molecule has 1 fully saturated rings. The molecule has 1 aliphatic heterocycles. The van der Waals surface area contributed by atoms with Gasteiger partial charge in [-0.05, 0) is 62.1 Å². The van der Waals surface area contributed by atoms with Crippen molar-refractivity contribution in [2.75, 3.05) is 18.4 Å². The SMILES string of the molecule is Cc1cc(C)cc(NC(=O)C2CCN(S(=O)(=O)c3cccc4nsnc34)CC2)c1. The number of piperidine rings is 1. The van der Waals surface area contributed by atoms with Gasteiger partial charge in [-0.15, -0.1) is 0 Å². The van der Waals surface area contributed by atoms with Crippen molar-refractivity contribution in [2.24, 2.45) is 5.92 Å². The minimum Gasteiger partial charge on any atom is -0.326 e. The molecule has 0 unspecified atom stereocenters. The van der Waals surface area contributed by atoms with Gasteiger partial charge in [0.25, 0.3) is 0 Å². The Bertz CT molecular complexity index is 1150. The van der Waals surface area contributed by atoms with Crippen molar-refractivity contribution < 1.29 is 13.2 Å². The van der Waals surface area contributed by atoms with E-state index in [2.05, 4.69) is 20.1 Å². The normalized spacial score (nSPS) is 16.2. The highest BCUT2D eigenvalue weighted by Crippen LogP contribution is 2.28. The van der Waals surface area contributed by atoms with Crippen molar-refractivity contribution in [3.8, 4) is 0 Å². The maximum absolute atomic E-state index is 13.1. The Labute approximate surface area is 174 Å². The highest BCUT2D eigenvalue weighted by atomic mass is 32.2. The second-order valence-corrected chi connectivity index (χ2v) is 9.87. The summed E-state index contributed by atoms with van der Waals surface area (Å²) in [4.78, 5) is 12.8. The first-order chi connectivity index (χ1) is 13.8. The van der Waals surface area contributed by atoms with Crippen molar-refractivity contribution in [2.45, 2.75) is 31.6 Å². The molecule has 1 saturated heterocycles. The van der Waals surface area contributed by atoms with Crippen LogP contribution in [0.2, 0.25) is 0 Å². The van der Waals surface area contributed by atoms with Crippen LogP contribution in [0.25, 0.3) is 11.0 Å². The van der Waals surface area contributed by atoms with Crippen LogP contribution >= 0.6 is 11.7 Å². The Kier molecular flexibility index (Phi) is 5.37. The van der Waals surface area contributed by atoms with E-state index in [0.717, 1.165) is 28.5 Å². The summed E-state index contributed by atoms with van der Waals surface area (Å²) in [7, 11) is -3.67. The second-order valence-electron chi connectivity index (χ2n) is 7.43. The molecular weight excluding hydrogens is 408 g/mol. The molecule has 0 spiro atoms. The molecule has 0 saturated carbocycles. The first-order valence-corrected chi connectivity index (χ1v) is 11.6. The molecule has 2 heterocycles. The third kappa shape index (κ3) is 4.03. The summed E-state index contributed by atoms with van der Waals surface area (Å²) in [6, 6.07) is 10.9. The second kappa shape index (κ2) is 7.81. The highest BCUT2D eigenvalue weighted by Gasteiger charge is 2.33. The molecule has 1 aromatic heterocycles. The van der Waals surface area contributed by atoms with Gasteiger partial charge in [-0.2, -0.15) is 13.1 Å². The smallest absolute Gasteiger partial charge is 0.245 e. The maximum atomic E-state index is 13.1. The van der Waals surface area contributed by atoms with Crippen LogP contribution in [0.5, 0.6) is 0 Å². The molecule has 0 radical (unpaired) electrons. The molecule has 1 aliphatic rings. The number of amides is 1. The molecule has 1 amide bonds. The predicted molar refractivity (Wildman–Crippen MR) is 113 cm³/mol. The Morgan fingerprint density at radius 2 is 1.79 bits per heavy atom. The molecule has 29 heavy (non-hydrogen) atoms. The van der Waals surface area contributed by atoms with Gasteiger partial charge >= 0.3 is 0 Å². The Hall–Kier alpha value is -2.36. The third-order valence-electron chi connectivity index (χ3n) is 5.18. The standard InChI is InChI=1S/C20H22N4O3S2/c1-13-10-14(2)12-16(11-13)21-20(25)15-6-8-24(9-7-15)29(26,27)18-5-3-4-17-19(18)23-28-22-17/h3-5,10-12,15H,6-9H2,1-2H3,(H,21,25). The average Bonchev–Trinajstić information content (AvgIpc) is 3.16. The average molecular weight is 431 g/mol. The number of aromatic nitrogens is 2. The summed E-state index contributed by atoms with van der Waals surface area (Å²) in [5, 5.41) is 2.98. The molecular formula is C20H22N4O3S2. The number of sulfonamides is 1. The lowest BCUT2D eigenvalue weighted by atomic mass is 9.97. The fraction of sp³-hybridized carbons (Fsp3) is 0.350. The van der Waals surface area contributed by atoms with E-state index < -0.39 is 10.0 Å². The van der Waals surface area contributed by atoms with Crippen molar-refractivity contribution >= 4 is 44.4 Å². The van der Waals surface area contributed by atoms with Crippen molar-refractivity contribution in [1.82, 2.24) is 13.1 Å². The molecule has 7 nitrogen and oxygen atoms in total. The minimum absolute atomic E-state index is 0.0575. The number of nitrogens with one attached hydrogen (secondary N) is 1. The monoisotopic (exact) mass is 430 g/mol. The lowest BCUT2D eigenvalue weighted by Gasteiger charge is -2.30. The van der Waals surface area contributed by atoms with E-state index in [4.69, 9.17) is 0 Å². The molecule has 2 aromatic carbocycles. The van der Waals surface area contributed by atoms with Crippen molar-refractivity contribution in [3.63, 3.8) is 0 Å². The van der Waals surface area contributed by atoms with E-state index in [0.29, 0.717) is 37.0 Å². The summed E-state index contributed by atoms with van der Waals surface area (Å²) in [5.41, 5.74) is 3.95. The Morgan fingerprint density at radius 1 is 1.10 bits per heavy atom. The van der Waals surface area contributed by atoms with Gasteiger partial charge in [0.15, 0.2) is 0 Å². The number of benzene rings is 2. The topological polar surface area (TPSA) is 92.3 Å². The van der Waals surface area contributed by atoms with E-state index in [9.17, 15) is 13.2 Å². The molecule has 3 aromatic rings. The maximum Gasteiger partial charge on any atom is 0.245 e. The zero-order valence-electron chi connectivity index (χ0n) is 16.3. The highest BCUT2D eigenvalue weighted by molar-refractivity contribution is 7.89. The van der Waals surface area contributed by atoms with Crippen molar-refractivity contribution in [3.05, 3.63) is 47.5 Å². The van der Waals surface area contributed by atoms with Gasteiger partial charge in [0.2, 0.25) is 15.9 Å². The first kappa shape index (κ1) is 19.9. The summed E-state index contributed by atoms with van der Waals surface area (Å²) in [5.74, 6) is -0.267. The van der Waals surface area contributed by atoms with Crippen LogP contribution in [0.15, 0.2) is 41.3 Å². The number of carbonyl (C=O) groups is 1. The predicted octanol–water partition coefficient (Wildman–Crippen LogP) is 3.35. The Balaban J connectivity index is 1.45. The lowest BCUT2D eigenvalue weighted by Crippen LogP contribution is -2.41. The van der Waals surface area contributed by atoms with Crippen LogP contribution in [0.1, 0.15) is 24.0 Å². The third-order valence-corrected chi connectivity index (χ3v) is 7.65. The number of anilines is 1. The summed E-state index contributed by atoms with van der Waals surface area (Å²) in [6.07, 6.45) is 0.975. The number of rotatable bonds is 4. The fourth-order valence-corrected chi connectivity index (χ4v) is 6.00. The van der Waals surface area contributed by atoms with Crippen LogP contribution in [-0.2, 0) is 14.8 Å².